The minimum Gasteiger partial charge on any atom is -0.394 e. The predicted octanol–water partition coefficient (Wildman–Crippen LogP) is 2.25. The van der Waals surface area contributed by atoms with Gasteiger partial charge in [0.2, 0.25) is 0 Å². The molecule has 3 aromatic rings. The topological polar surface area (TPSA) is 126 Å². The second-order valence-corrected chi connectivity index (χ2v) is 9.01. The number of anilines is 1. The summed E-state index contributed by atoms with van der Waals surface area (Å²) >= 11 is 1.56. The fourth-order valence-electron chi connectivity index (χ4n) is 3.58. The van der Waals surface area contributed by atoms with Gasteiger partial charge in [-0.1, -0.05) is 54.9 Å². The van der Waals surface area contributed by atoms with Gasteiger partial charge in [0.25, 0.3) is 0 Å². The molecule has 0 aliphatic carbocycles. The van der Waals surface area contributed by atoms with Gasteiger partial charge in [0.15, 0.2) is 28.4 Å². The van der Waals surface area contributed by atoms with Crippen LogP contribution in [0.3, 0.4) is 0 Å². The Bertz CT molecular complexity index is 1040. The smallest absolute Gasteiger partial charge is 0.191 e. The zero-order valence-electron chi connectivity index (χ0n) is 18.2. The van der Waals surface area contributed by atoms with E-state index in [1.165, 1.54) is 11.9 Å². The van der Waals surface area contributed by atoms with Gasteiger partial charge in [0.1, 0.15) is 18.3 Å². The van der Waals surface area contributed by atoms with Crippen molar-refractivity contribution in [3.63, 3.8) is 0 Å². The van der Waals surface area contributed by atoms with E-state index < -0.39 is 31.1 Å². The maximum absolute atomic E-state index is 10.5. The molecule has 1 aliphatic rings. The van der Waals surface area contributed by atoms with Crippen LogP contribution in [0.1, 0.15) is 37.1 Å². The van der Waals surface area contributed by atoms with Crippen LogP contribution in [0.15, 0.2) is 35.7 Å². The normalized spacial score (nSPS) is 23.2. The lowest BCUT2D eigenvalue weighted by Crippen LogP contribution is -2.33. The number of nitrogens with zero attached hydrogens (tertiary/aromatic N) is 4. The second kappa shape index (κ2) is 10.1. The second-order valence-electron chi connectivity index (χ2n) is 7.95. The minimum absolute atomic E-state index is 0.391. The van der Waals surface area contributed by atoms with E-state index in [1.54, 1.807) is 16.3 Å². The van der Waals surface area contributed by atoms with Crippen LogP contribution >= 0.6 is 11.8 Å². The lowest BCUT2D eigenvalue weighted by atomic mass is 10.1. The lowest BCUT2D eigenvalue weighted by molar-refractivity contribution is -0.0511. The highest BCUT2D eigenvalue weighted by Crippen LogP contribution is 2.33. The maximum atomic E-state index is 10.5. The van der Waals surface area contributed by atoms with Gasteiger partial charge < -0.3 is 25.4 Å². The Morgan fingerprint density at radius 2 is 1.94 bits per heavy atom. The van der Waals surface area contributed by atoms with Crippen molar-refractivity contribution in [3.8, 4) is 0 Å². The van der Waals surface area contributed by atoms with Crippen LogP contribution in [0.5, 0.6) is 0 Å². The van der Waals surface area contributed by atoms with Crippen molar-refractivity contribution in [2.75, 3.05) is 17.7 Å². The molecular weight excluding hydrogens is 430 g/mol. The lowest BCUT2D eigenvalue weighted by Gasteiger charge is -2.17. The van der Waals surface area contributed by atoms with E-state index in [0.29, 0.717) is 28.7 Å². The molecule has 0 unspecified atom stereocenters. The first-order valence-corrected chi connectivity index (χ1v) is 11.8. The monoisotopic (exact) mass is 459 g/mol. The summed E-state index contributed by atoms with van der Waals surface area (Å²) in [7, 11) is 0. The Hall–Kier alpha value is -2.24. The van der Waals surface area contributed by atoms with Crippen molar-refractivity contribution in [1.29, 1.82) is 0 Å². The third-order valence-electron chi connectivity index (χ3n) is 5.50. The van der Waals surface area contributed by atoms with Crippen molar-refractivity contribution in [2.45, 2.75) is 62.9 Å². The average Bonchev–Trinajstić information content (AvgIpc) is 3.34. The number of aryl methyl sites for hydroxylation is 1. The third-order valence-corrected chi connectivity index (χ3v) is 6.44. The van der Waals surface area contributed by atoms with Crippen LogP contribution in [-0.4, -0.2) is 65.5 Å². The SMILES string of the molecule is CCCCSc1nc(NCc2ccc(C)cc2)c2ncn([C@@H]3O[C@H](CO)[C@@H](O)[C@H]3O)c2n1. The van der Waals surface area contributed by atoms with Crippen LogP contribution in [-0.2, 0) is 11.3 Å². The molecule has 1 fully saturated rings. The highest BCUT2D eigenvalue weighted by molar-refractivity contribution is 7.99. The quantitative estimate of drug-likeness (QED) is 0.216. The molecule has 0 spiro atoms. The van der Waals surface area contributed by atoms with Crippen LogP contribution in [0.4, 0.5) is 5.82 Å². The molecule has 1 saturated heterocycles. The molecule has 0 amide bonds. The summed E-state index contributed by atoms with van der Waals surface area (Å²) < 4.78 is 7.29. The molecular formula is C22H29N5O4S. The zero-order chi connectivity index (χ0) is 22.7. The fraction of sp³-hybridized carbons (Fsp3) is 0.500. The van der Waals surface area contributed by atoms with Gasteiger partial charge in [-0.15, -0.1) is 0 Å². The van der Waals surface area contributed by atoms with Crippen LogP contribution < -0.4 is 5.32 Å². The summed E-state index contributed by atoms with van der Waals surface area (Å²) in [5.41, 5.74) is 3.37. The zero-order valence-corrected chi connectivity index (χ0v) is 19.0. The van der Waals surface area contributed by atoms with Crippen LogP contribution in [0.25, 0.3) is 11.2 Å². The number of hydrogen-bond acceptors (Lipinski definition) is 9. The van der Waals surface area contributed by atoms with Gasteiger partial charge in [0.05, 0.1) is 12.9 Å². The number of ether oxygens (including phenoxy) is 1. The van der Waals surface area contributed by atoms with Crippen LogP contribution in [0.2, 0.25) is 0 Å². The van der Waals surface area contributed by atoms with E-state index in [4.69, 9.17) is 4.74 Å². The van der Waals surface area contributed by atoms with E-state index in [1.807, 2.05) is 0 Å². The molecule has 9 nitrogen and oxygen atoms in total. The summed E-state index contributed by atoms with van der Waals surface area (Å²) in [5, 5.41) is 34.0. The number of aromatic nitrogens is 4. The number of unbranched alkanes of at least 4 members (excludes halogenated alkanes) is 1. The summed E-state index contributed by atoms with van der Waals surface area (Å²) in [5.74, 6) is 1.49. The molecule has 10 heteroatoms. The minimum atomic E-state index is -1.21. The van der Waals surface area contributed by atoms with Gasteiger partial charge in [-0.3, -0.25) is 4.57 Å². The number of benzene rings is 1. The number of nitrogens with one attached hydrogen (secondary N) is 1. The molecule has 172 valence electrons. The van der Waals surface area contributed by atoms with E-state index in [0.717, 1.165) is 24.2 Å². The maximum Gasteiger partial charge on any atom is 0.191 e. The van der Waals surface area contributed by atoms with Crippen LogP contribution in [0, 0.1) is 6.92 Å². The summed E-state index contributed by atoms with van der Waals surface area (Å²) in [6.07, 6.45) is -0.522. The fourth-order valence-corrected chi connectivity index (χ4v) is 4.50. The highest BCUT2D eigenvalue weighted by atomic mass is 32.2. The summed E-state index contributed by atoms with van der Waals surface area (Å²) in [4.78, 5) is 13.8. The van der Waals surface area contributed by atoms with E-state index in [9.17, 15) is 15.3 Å². The van der Waals surface area contributed by atoms with Gasteiger partial charge in [0, 0.05) is 12.3 Å². The molecule has 4 atom stereocenters. The molecule has 4 N–H and O–H groups in total. The number of thioether (sulfide) groups is 1. The Labute approximate surface area is 190 Å². The average molecular weight is 460 g/mol. The van der Waals surface area contributed by atoms with E-state index in [-0.39, 0.29) is 0 Å². The first-order chi connectivity index (χ1) is 15.5. The Kier molecular flexibility index (Phi) is 7.27. The van der Waals surface area contributed by atoms with Gasteiger partial charge >= 0.3 is 0 Å². The van der Waals surface area contributed by atoms with Gasteiger partial charge in [-0.2, -0.15) is 0 Å². The predicted molar refractivity (Wildman–Crippen MR) is 122 cm³/mol. The molecule has 0 radical (unpaired) electrons. The summed E-state index contributed by atoms with van der Waals surface area (Å²) in [6.45, 7) is 4.37. The number of aliphatic hydroxyl groups excluding tert-OH is 3. The molecule has 0 saturated carbocycles. The number of rotatable bonds is 9. The number of fused-ring (bicyclic) bond motifs is 1. The Balaban J connectivity index is 1.66. The first-order valence-electron chi connectivity index (χ1n) is 10.8. The van der Waals surface area contributed by atoms with Gasteiger partial charge in [-0.25, -0.2) is 15.0 Å². The van der Waals surface area contributed by atoms with Crippen molar-refractivity contribution in [1.82, 2.24) is 19.5 Å². The van der Waals surface area contributed by atoms with Crippen molar-refractivity contribution < 1.29 is 20.1 Å². The third kappa shape index (κ3) is 4.74. The molecule has 1 aromatic carbocycles. The molecule has 32 heavy (non-hydrogen) atoms. The molecule has 4 rings (SSSR count). The number of imidazole rings is 1. The van der Waals surface area contributed by atoms with Crippen molar-refractivity contribution >= 4 is 28.7 Å². The van der Waals surface area contributed by atoms with Crippen molar-refractivity contribution in [3.05, 3.63) is 41.7 Å². The van der Waals surface area contributed by atoms with E-state index in [2.05, 4.69) is 58.4 Å². The summed E-state index contributed by atoms with van der Waals surface area (Å²) in [6, 6.07) is 8.26. The van der Waals surface area contributed by atoms with Gasteiger partial charge in [-0.05, 0) is 18.9 Å². The Morgan fingerprint density at radius 3 is 2.62 bits per heavy atom. The number of aliphatic hydroxyl groups is 3. The largest absolute Gasteiger partial charge is 0.394 e. The first kappa shape index (κ1) is 22.9. The van der Waals surface area contributed by atoms with E-state index >= 15 is 0 Å². The molecule has 3 heterocycles. The molecule has 2 aromatic heterocycles. The molecule has 0 bridgehead atoms. The van der Waals surface area contributed by atoms with Crippen molar-refractivity contribution in [2.24, 2.45) is 0 Å². The highest BCUT2D eigenvalue weighted by Gasteiger charge is 2.44. The standard InChI is InChI=1S/C22H29N5O4S/c1-3-4-9-32-22-25-19(23-10-14-7-5-13(2)6-8-14)16-20(26-22)27(12-24-16)21-18(30)17(29)15(11-28)31-21/h5-8,12,15,17-18,21,28-30H,3-4,9-11H2,1-2H3,(H,23,25,26)/t15-,17-,18-,21-/m1/s1. The molecule has 1 aliphatic heterocycles. The Morgan fingerprint density at radius 1 is 1.16 bits per heavy atom. The number of hydrogen-bond donors (Lipinski definition) is 4.